The highest BCUT2D eigenvalue weighted by molar-refractivity contribution is 5.92. The van der Waals surface area contributed by atoms with Crippen LogP contribution in [0.15, 0.2) is 23.0 Å². The number of aromatic nitrogens is 1. The number of aromatic amines is 1. The Kier molecular flexibility index (Phi) is 3.61. The van der Waals surface area contributed by atoms with Crippen molar-refractivity contribution in [3.05, 3.63) is 45.3 Å². The van der Waals surface area contributed by atoms with E-state index in [-0.39, 0.29) is 5.56 Å². The first-order chi connectivity index (χ1) is 9.43. The van der Waals surface area contributed by atoms with Crippen LogP contribution in [0.2, 0.25) is 0 Å². The average molecular weight is 273 g/mol. The van der Waals surface area contributed by atoms with E-state index in [2.05, 4.69) is 4.98 Å². The van der Waals surface area contributed by atoms with Crippen LogP contribution < -0.4 is 10.3 Å². The molecular weight excluding hydrogens is 258 g/mol. The molecular formula is C15H15NO4. The lowest BCUT2D eigenvalue weighted by molar-refractivity contribution is -0.131. The summed E-state index contributed by atoms with van der Waals surface area (Å²) in [4.78, 5) is 25.4. The third-order valence-corrected chi connectivity index (χ3v) is 3.15. The lowest BCUT2D eigenvalue weighted by Gasteiger charge is -2.10. The molecule has 0 aliphatic rings. The Bertz CT molecular complexity index is 772. The molecule has 0 saturated heterocycles. The van der Waals surface area contributed by atoms with E-state index in [1.165, 1.54) is 6.08 Å². The second kappa shape index (κ2) is 5.21. The van der Waals surface area contributed by atoms with Crippen LogP contribution in [-0.2, 0) is 4.79 Å². The van der Waals surface area contributed by atoms with E-state index in [1.54, 1.807) is 14.0 Å². The molecule has 0 aliphatic carbocycles. The fourth-order valence-electron chi connectivity index (χ4n) is 2.19. The Morgan fingerprint density at radius 2 is 2.05 bits per heavy atom. The van der Waals surface area contributed by atoms with Crippen LogP contribution in [-0.4, -0.2) is 23.2 Å². The number of aliphatic carboxylic acids is 1. The summed E-state index contributed by atoms with van der Waals surface area (Å²) in [6, 6.07) is 3.77. The Labute approximate surface area is 115 Å². The highest BCUT2D eigenvalue weighted by Gasteiger charge is 2.11. The molecule has 0 atom stereocenters. The van der Waals surface area contributed by atoms with Crippen molar-refractivity contribution in [3.63, 3.8) is 0 Å². The highest BCUT2D eigenvalue weighted by atomic mass is 16.5. The van der Waals surface area contributed by atoms with Crippen LogP contribution in [0.1, 0.15) is 16.7 Å². The van der Waals surface area contributed by atoms with Crippen LogP contribution in [0.3, 0.4) is 0 Å². The molecule has 0 unspecified atom stereocenters. The maximum absolute atomic E-state index is 12.1. The van der Waals surface area contributed by atoms with Gasteiger partial charge in [-0.2, -0.15) is 0 Å². The van der Waals surface area contributed by atoms with Crippen LogP contribution in [0.4, 0.5) is 0 Å². The number of H-pyrrole nitrogens is 1. The molecule has 0 saturated carbocycles. The largest absolute Gasteiger partial charge is 0.495 e. The number of rotatable bonds is 3. The van der Waals surface area contributed by atoms with Gasteiger partial charge in [0.15, 0.2) is 0 Å². The van der Waals surface area contributed by atoms with E-state index in [0.29, 0.717) is 16.8 Å². The van der Waals surface area contributed by atoms with Crippen molar-refractivity contribution in [2.24, 2.45) is 0 Å². The highest BCUT2D eigenvalue weighted by Crippen LogP contribution is 2.28. The number of benzene rings is 1. The van der Waals surface area contributed by atoms with Gasteiger partial charge in [-0.25, -0.2) is 4.79 Å². The molecule has 5 nitrogen and oxygen atoms in total. The number of ether oxygens (including phenoxy) is 1. The van der Waals surface area contributed by atoms with Crippen LogP contribution in [0.25, 0.3) is 17.0 Å². The predicted molar refractivity (Wildman–Crippen MR) is 77.3 cm³/mol. The van der Waals surface area contributed by atoms with Crippen molar-refractivity contribution in [1.82, 2.24) is 4.98 Å². The molecule has 0 bridgehead atoms. The van der Waals surface area contributed by atoms with Gasteiger partial charge in [0, 0.05) is 17.0 Å². The molecule has 0 radical (unpaired) electrons. The molecule has 1 heterocycles. The Morgan fingerprint density at radius 1 is 1.35 bits per heavy atom. The van der Waals surface area contributed by atoms with Gasteiger partial charge in [-0.15, -0.1) is 0 Å². The maximum atomic E-state index is 12.1. The maximum Gasteiger partial charge on any atom is 0.328 e. The number of aryl methyl sites for hydroxylation is 2. The summed E-state index contributed by atoms with van der Waals surface area (Å²) in [6.45, 7) is 3.72. The molecule has 0 fully saturated rings. The predicted octanol–water partition coefficient (Wildman–Crippen LogP) is 2.25. The minimum atomic E-state index is -1.09. The van der Waals surface area contributed by atoms with Crippen molar-refractivity contribution in [2.45, 2.75) is 13.8 Å². The topological polar surface area (TPSA) is 79.4 Å². The number of fused-ring (bicyclic) bond motifs is 1. The number of nitrogens with one attached hydrogen (secondary N) is 1. The lowest BCUT2D eigenvalue weighted by Crippen LogP contribution is -2.12. The minimum absolute atomic E-state index is 0.338. The number of carbonyl (C=O) groups is 1. The number of carboxylic acids is 1. The summed E-state index contributed by atoms with van der Waals surface area (Å²) in [5.74, 6) is -0.500. The number of methoxy groups -OCH3 is 1. The second-order valence-electron chi connectivity index (χ2n) is 4.55. The summed E-state index contributed by atoms with van der Waals surface area (Å²) < 4.78 is 5.27. The van der Waals surface area contributed by atoms with Crippen molar-refractivity contribution in [2.75, 3.05) is 7.11 Å². The minimum Gasteiger partial charge on any atom is -0.495 e. The molecule has 5 heteroatoms. The summed E-state index contributed by atoms with van der Waals surface area (Å²) in [5, 5.41) is 9.52. The number of pyridine rings is 1. The average Bonchev–Trinajstić information content (AvgIpc) is 2.38. The molecule has 2 N–H and O–H groups in total. The normalized spacial score (nSPS) is 11.2. The van der Waals surface area contributed by atoms with Crippen molar-refractivity contribution < 1.29 is 14.6 Å². The van der Waals surface area contributed by atoms with Gasteiger partial charge in [0.25, 0.3) is 5.56 Å². The van der Waals surface area contributed by atoms with Crippen LogP contribution >= 0.6 is 0 Å². The molecule has 0 spiro atoms. The van der Waals surface area contributed by atoms with E-state index in [9.17, 15) is 9.59 Å². The van der Waals surface area contributed by atoms with Gasteiger partial charge in [0.05, 0.1) is 12.6 Å². The standard InChI is InChI=1S/C15H15NO4/c1-8-6-11-9(2)10(4-5-13(17)18)15(19)16-14(11)12(7-8)20-3/h4-7H,1-3H3,(H,16,19)(H,17,18)/b5-4+. The Balaban J connectivity index is 2.82. The van der Waals surface area contributed by atoms with E-state index in [4.69, 9.17) is 9.84 Å². The lowest BCUT2D eigenvalue weighted by atomic mass is 10.0. The Morgan fingerprint density at radius 3 is 2.65 bits per heavy atom. The van der Waals surface area contributed by atoms with Crippen molar-refractivity contribution in [1.29, 1.82) is 0 Å². The van der Waals surface area contributed by atoms with Gasteiger partial charge in [-0.1, -0.05) is 0 Å². The van der Waals surface area contributed by atoms with E-state index in [1.807, 2.05) is 19.1 Å². The quantitative estimate of drug-likeness (QED) is 0.841. The first-order valence-electron chi connectivity index (χ1n) is 6.06. The van der Waals surface area contributed by atoms with Gasteiger partial charge < -0.3 is 14.8 Å². The van der Waals surface area contributed by atoms with Crippen molar-refractivity contribution >= 4 is 22.9 Å². The molecule has 2 aromatic rings. The number of hydrogen-bond acceptors (Lipinski definition) is 3. The third kappa shape index (κ3) is 2.42. The number of carboxylic acid groups (broad SMARTS) is 1. The monoisotopic (exact) mass is 273 g/mol. The summed E-state index contributed by atoms with van der Waals surface area (Å²) in [7, 11) is 1.54. The van der Waals surface area contributed by atoms with Crippen LogP contribution in [0.5, 0.6) is 5.75 Å². The summed E-state index contributed by atoms with van der Waals surface area (Å²) in [6.07, 6.45) is 2.27. The zero-order valence-electron chi connectivity index (χ0n) is 11.5. The molecule has 0 aliphatic heterocycles. The third-order valence-electron chi connectivity index (χ3n) is 3.15. The fraction of sp³-hybridized carbons (Fsp3) is 0.200. The van der Waals surface area contributed by atoms with E-state index in [0.717, 1.165) is 22.6 Å². The zero-order valence-corrected chi connectivity index (χ0v) is 11.5. The first-order valence-corrected chi connectivity index (χ1v) is 6.06. The molecule has 104 valence electrons. The summed E-state index contributed by atoms with van der Waals surface area (Å²) in [5.41, 5.74) is 2.34. The molecule has 1 aromatic carbocycles. The fourth-order valence-corrected chi connectivity index (χ4v) is 2.19. The van der Waals surface area contributed by atoms with Gasteiger partial charge in [-0.05, 0) is 43.2 Å². The van der Waals surface area contributed by atoms with Gasteiger partial charge in [-0.3, -0.25) is 4.79 Å². The zero-order chi connectivity index (χ0) is 14.9. The van der Waals surface area contributed by atoms with Gasteiger partial charge in [0.2, 0.25) is 0 Å². The van der Waals surface area contributed by atoms with E-state index < -0.39 is 5.97 Å². The smallest absolute Gasteiger partial charge is 0.328 e. The molecule has 0 amide bonds. The molecule has 20 heavy (non-hydrogen) atoms. The first kappa shape index (κ1) is 13.9. The Hall–Kier alpha value is -2.56. The molecule has 1 aromatic heterocycles. The summed E-state index contributed by atoms with van der Waals surface area (Å²) >= 11 is 0. The number of hydrogen-bond donors (Lipinski definition) is 2. The van der Waals surface area contributed by atoms with E-state index >= 15 is 0 Å². The SMILES string of the molecule is COc1cc(C)cc2c(C)c(/C=C/C(=O)O)c(=O)[nH]c12. The van der Waals surface area contributed by atoms with Gasteiger partial charge >= 0.3 is 5.97 Å². The molecule has 2 rings (SSSR count). The van der Waals surface area contributed by atoms with Crippen LogP contribution in [0, 0.1) is 13.8 Å². The van der Waals surface area contributed by atoms with Crippen molar-refractivity contribution in [3.8, 4) is 5.75 Å². The van der Waals surface area contributed by atoms with Gasteiger partial charge in [0.1, 0.15) is 5.75 Å². The second-order valence-corrected chi connectivity index (χ2v) is 4.55.